The predicted molar refractivity (Wildman–Crippen MR) is 55.7 cm³/mol. The highest BCUT2D eigenvalue weighted by Crippen LogP contribution is 2.29. The van der Waals surface area contributed by atoms with Gasteiger partial charge in [-0.25, -0.2) is 4.79 Å². The second-order valence-electron chi connectivity index (χ2n) is 2.69. The van der Waals surface area contributed by atoms with Gasteiger partial charge in [0.25, 0.3) is 6.47 Å². The normalized spacial score (nSPS) is 9.12. The van der Waals surface area contributed by atoms with Gasteiger partial charge in [-0.3, -0.25) is 10.1 Å². The van der Waals surface area contributed by atoms with Crippen LogP contribution in [0.2, 0.25) is 0 Å². The molecular formula is C10H11NO5. The lowest BCUT2D eigenvalue weighted by Crippen LogP contribution is -2.12. The number of hydrogen-bond acceptors (Lipinski definition) is 5. The van der Waals surface area contributed by atoms with Crippen LogP contribution in [0.5, 0.6) is 11.5 Å². The van der Waals surface area contributed by atoms with Crippen molar-refractivity contribution in [1.29, 1.82) is 0 Å². The van der Waals surface area contributed by atoms with Crippen LogP contribution in [0.3, 0.4) is 0 Å². The minimum atomic E-state index is -0.652. The zero-order valence-electron chi connectivity index (χ0n) is 8.85. The van der Waals surface area contributed by atoms with Gasteiger partial charge in [-0.05, 0) is 12.1 Å². The third kappa shape index (κ3) is 2.88. The summed E-state index contributed by atoms with van der Waals surface area (Å²) in [5, 5.41) is 2.40. The van der Waals surface area contributed by atoms with Crippen LogP contribution in [-0.2, 0) is 9.53 Å². The lowest BCUT2D eigenvalue weighted by molar-refractivity contribution is -0.120. The Balaban J connectivity index is 2.97. The maximum atomic E-state index is 11.0. The molecule has 6 nitrogen and oxygen atoms in total. The summed E-state index contributed by atoms with van der Waals surface area (Å²) in [5.74, 6) is 0.687. The molecule has 0 saturated heterocycles. The smallest absolute Gasteiger partial charge is 0.411 e. The molecule has 0 unspecified atom stereocenters. The maximum Gasteiger partial charge on any atom is 0.411 e. The first-order chi connectivity index (χ1) is 7.71. The van der Waals surface area contributed by atoms with E-state index in [1.54, 1.807) is 6.07 Å². The van der Waals surface area contributed by atoms with E-state index in [-0.39, 0.29) is 12.2 Å². The maximum absolute atomic E-state index is 11.0. The minimum Gasteiger partial charge on any atom is -0.497 e. The van der Waals surface area contributed by atoms with E-state index in [0.29, 0.717) is 11.4 Å². The largest absolute Gasteiger partial charge is 0.497 e. The molecule has 0 aliphatic heterocycles. The van der Waals surface area contributed by atoms with Crippen molar-refractivity contribution in [3.63, 3.8) is 0 Å². The third-order valence-electron chi connectivity index (χ3n) is 1.79. The summed E-state index contributed by atoms with van der Waals surface area (Å²) in [6, 6.07) is 4.62. The number of ether oxygens (including phenoxy) is 3. The predicted octanol–water partition coefficient (Wildman–Crippen LogP) is 1.41. The van der Waals surface area contributed by atoms with Gasteiger partial charge >= 0.3 is 6.09 Å². The van der Waals surface area contributed by atoms with Crippen molar-refractivity contribution in [2.45, 2.75) is 0 Å². The molecule has 16 heavy (non-hydrogen) atoms. The Morgan fingerprint density at radius 3 is 2.69 bits per heavy atom. The van der Waals surface area contributed by atoms with Crippen LogP contribution in [-0.4, -0.2) is 26.8 Å². The Labute approximate surface area is 92.1 Å². The number of carbonyl (C=O) groups is 2. The molecule has 0 fully saturated rings. The van der Waals surface area contributed by atoms with Crippen LogP contribution >= 0.6 is 0 Å². The Hall–Kier alpha value is -2.24. The van der Waals surface area contributed by atoms with Crippen molar-refractivity contribution < 1.29 is 23.8 Å². The summed E-state index contributed by atoms with van der Waals surface area (Å²) in [7, 11) is 2.71. The van der Waals surface area contributed by atoms with E-state index in [1.165, 1.54) is 26.4 Å². The first-order valence-electron chi connectivity index (χ1n) is 4.34. The van der Waals surface area contributed by atoms with Crippen LogP contribution in [0.15, 0.2) is 18.2 Å². The standard InChI is InChI=1S/C10H11NO5/c1-14-7-3-4-8(11-10(13)15-2)9(5-7)16-6-12/h3-6H,1-2H3,(H,11,13). The molecule has 1 rings (SSSR count). The number of hydrogen-bond donors (Lipinski definition) is 1. The molecule has 0 saturated carbocycles. The fourth-order valence-electron chi connectivity index (χ4n) is 1.04. The topological polar surface area (TPSA) is 73.9 Å². The Kier molecular flexibility index (Phi) is 4.14. The monoisotopic (exact) mass is 225 g/mol. The Bertz CT molecular complexity index is 391. The van der Waals surface area contributed by atoms with E-state index in [1.807, 2.05) is 0 Å². The lowest BCUT2D eigenvalue weighted by Gasteiger charge is -2.09. The highest BCUT2D eigenvalue weighted by atomic mass is 16.5. The summed E-state index contributed by atoms with van der Waals surface area (Å²) in [6.07, 6.45) is -0.652. The molecular weight excluding hydrogens is 214 g/mol. The van der Waals surface area contributed by atoms with Gasteiger partial charge in [0.2, 0.25) is 0 Å². The van der Waals surface area contributed by atoms with Crippen LogP contribution in [0.1, 0.15) is 0 Å². The number of anilines is 1. The second kappa shape index (κ2) is 5.59. The van der Waals surface area contributed by atoms with E-state index < -0.39 is 6.09 Å². The highest BCUT2D eigenvalue weighted by Gasteiger charge is 2.09. The summed E-state index contributed by atoms with van der Waals surface area (Å²) in [4.78, 5) is 21.3. The molecule has 86 valence electrons. The number of carbonyl (C=O) groups excluding carboxylic acids is 2. The van der Waals surface area contributed by atoms with E-state index in [2.05, 4.69) is 10.1 Å². The third-order valence-corrected chi connectivity index (χ3v) is 1.79. The molecule has 0 atom stereocenters. The zero-order chi connectivity index (χ0) is 12.0. The van der Waals surface area contributed by atoms with Gasteiger partial charge in [-0.2, -0.15) is 0 Å². The van der Waals surface area contributed by atoms with Gasteiger partial charge < -0.3 is 14.2 Å². The lowest BCUT2D eigenvalue weighted by atomic mass is 10.3. The molecule has 0 bridgehead atoms. The SMILES string of the molecule is COC(=O)Nc1ccc(OC)cc1OC=O. The van der Waals surface area contributed by atoms with Crippen LogP contribution in [0, 0.1) is 0 Å². The summed E-state index contributed by atoms with van der Waals surface area (Å²) in [5.41, 5.74) is 0.319. The van der Waals surface area contributed by atoms with Gasteiger partial charge in [0.05, 0.1) is 19.9 Å². The fourth-order valence-corrected chi connectivity index (χ4v) is 1.04. The Morgan fingerprint density at radius 1 is 1.38 bits per heavy atom. The first-order valence-corrected chi connectivity index (χ1v) is 4.34. The minimum absolute atomic E-state index is 0.180. The van der Waals surface area contributed by atoms with Crippen LogP contribution in [0.4, 0.5) is 10.5 Å². The number of benzene rings is 1. The van der Waals surface area contributed by atoms with Crippen LogP contribution in [0.25, 0.3) is 0 Å². The molecule has 0 heterocycles. The van der Waals surface area contributed by atoms with Gasteiger partial charge in [0.1, 0.15) is 5.75 Å². The summed E-state index contributed by atoms with van der Waals surface area (Å²) in [6.45, 7) is 0.261. The van der Waals surface area contributed by atoms with Crippen molar-refractivity contribution in [3.05, 3.63) is 18.2 Å². The molecule has 1 aromatic rings. The second-order valence-corrected chi connectivity index (χ2v) is 2.69. The van der Waals surface area contributed by atoms with Crippen molar-refractivity contribution in [2.24, 2.45) is 0 Å². The molecule has 0 radical (unpaired) electrons. The first kappa shape index (κ1) is 11.8. The molecule has 1 amide bonds. The Morgan fingerprint density at radius 2 is 2.12 bits per heavy atom. The number of rotatable bonds is 4. The number of amides is 1. The van der Waals surface area contributed by atoms with E-state index in [9.17, 15) is 9.59 Å². The fraction of sp³-hybridized carbons (Fsp3) is 0.200. The quantitative estimate of drug-likeness (QED) is 0.784. The highest BCUT2D eigenvalue weighted by molar-refractivity contribution is 5.87. The average molecular weight is 225 g/mol. The summed E-state index contributed by atoms with van der Waals surface area (Å²) >= 11 is 0. The summed E-state index contributed by atoms with van der Waals surface area (Å²) < 4.78 is 14.1. The van der Waals surface area contributed by atoms with Gasteiger partial charge in [0.15, 0.2) is 5.75 Å². The van der Waals surface area contributed by atoms with Crippen molar-refractivity contribution in [2.75, 3.05) is 19.5 Å². The molecule has 1 aromatic carbocycles. The average Bonchev–Trinajstić information content (AvgIpc) is 2.31. The molecule has 6 heteroatoms. The van der Waals surface area contributed by atoms with Crippen LogP contribution < -0.4 is 14.8 Å². The van der Waals surface area contributed by atoms with Crippen molar-refractivity contribution in [3.8, 4) is 11.5 Å². The van der Waals surface area contributed by atoms with E-state index >= 15 is 0 Å². The molecule has 0 aromatic heterocycles. The molecule has 1 N–H and O–H groups in total. The molecule has 0 aliphatic rings. The van der Waals surface area contributed by atoms with Gasteiger partial charge in [0, 0.05) is 6.07 Å². The van der Waals surface area contributed by atoms with Gasteiger partial charge in [-0.1, -0.05) is 0 Å². The zero-order valence-corrected chi connectivity index (χ0v) is 8.85. The van der Waals surface area contributed by atoms with Crippen molar-refractivity contribution >= 4 is 18.3 Å². The molecule has 0 aliphatic carbocycles. The van der Waals surface area contributed by atoms with E-state index in [0.717, 1.165) is 0 Å². The van der Waals surface area contributed by atoms with Crippen molar-refractivity contribution in [1.82, 2.24) is 0 Å². The number of methoxy groups -OCH3 is 2. The van der Waals surface area contributed by atoms with E-state index in [4.69, 9.17) is 9.47 Å². The molecule has 0 spiro atoms. The van der Waals surface area contributed by atoms with Gasteiger partial charge in [-0.15, -0.1) is 0 Å². The number of nitrogens with one attached hydrogen (secondary N) is 1.